The molecule has 6 heteroatoms. The number of carbonyl (C=O) groups is 2. The highest BCUT2D eigenvalue weighted by Crippen LogP contribution is 2.20. The fourth-order valence-electron chi connectivity index (χ4n) is 3.85. The van der Waals surface area contributed by atoms with E-state index in [1.54, 1.807) is 16.7 Å². The molecule has 3 aromatic rings. The van der Waals surface area contributed by atoms with Crippen LogP contribution in [0, 0.1) is 6.92 Å². The third-order valence-electron chi connectivity index (χ3n) is 5.66. The Morgan fingerprint density at radius 2 is 1.66 bits per heavy atom. The molecular weight excluding hydrogens is 476 g/mol. The van der Waals surface area contributed by atoms with Crippen molar-refractivity contribution in [1.82, 2.24) is 10.2 Å². The van der Waals surface area contributed by atoms with Crippen LogP contribution in [0.4, 0.5) is 0 Å². The second-order valence-electron chi connectivity index (χ2n) is 8.63. The molecule has 0 fully saturated rings. The first-order chi connectivity index (χ1) is 17.0. The first-order valence-corrected chi connectivity index (χ1v) is 13.5. The average Bonchev–Trinajstić information content (AvgIpc) is 2.86. The van der Waals surface area contributed by atoms with Gasteiger partial charge < -0.3 is 10.2 Å². The molecule has 1 atom stereocenters. The van der Waals surface area contributed by atoms with Gasteiger partial charge in [0, 0.05) is 30.3 Å². The Kier molecular flexibility index (Phi) is 10.7. The van der Waals surface area contributed by atoms with Gasteiger partial charge in [0.25, 0.3) is 0 Å². The van der Waals surface area contributed by atoms with E-state index >= 15 is 0 Å². The van der Waals surface area contributed by atoms with Gasteiger partial charge in [-0.25, -0.2) is 0 Å². The van der Waals surface area contributed by atoms with Crippen LogP contribution in [-0.4, -0.2) is 35.1 Å². The largest absolute Gasteiger partial charge is 0.354 e. The van der Waals surface area contributed by atoms with Gasteiger partial charge in [0.05, 0.1) is 5.75 Å². The zero-order valence-corrected chi connectivity index (χ0v) is 21.9. The Morgan fingerprint density at radius 3 is 2.34 bits per heavy atom. The van der Waals surface area contributed by atoms with Crippen molar-refractivity contribution in [3.63, 3.8) is 0 Å². The summed E-state index contributed by atoms with van der Waals surface area (Å²) in [6.45, 7) is 5.03. The second kappa shape index (κ2) is 14.0. The molecule has 0 spiro atoms. The number of nitrogens with zero attached hydrogens (tertiary/aromatic N) is 1. The van der Waals surface area contributed by atoms with Gasteiger partial charge in [0.15, 0.2) is 0 Å². The molecule has 0 saturated carbocycles. The van der Waals surface area contributed by atoms with E-state index in [9.17, 15) is 9.59 Å². The first-order valence-electron chi connectivity index (χ1n) is 11.9. The fourth-order valence-corrected chi connectivity index (χ4v) is 4.84. The van der Waals surface area contributed by atoms with Gasteiger partial charge in [-0.15, -0.1) is 11.8 Å². The summed E-state index contributed by atoms with van der Waals surface area (Å²) >= 11 is 7.54. The number of benzene rings is 3. The van der Waals surface area contributed by atoms with E-state index in [1.807, 2.05) is 86.6 Å². The van der Waals surface area contributed by atoms with Crippen LogP contribution in [0.15, 0.2) is 78.9 Å². The van der Waals surface area contributed by atoms with Crippen LogP contribution >= 0.6 is 23.4 Å². The molecule has 0 radical (unpaired) electrons. The van der Waals surface area contributed by atoms with Crippen LogP contribution in [0.2, 0.25) is 5.02 Å². The number of thioether (sulfide) groups is 1. The Morgan fingerprint density at radius 1 is 0.943 bits per heavy atom. The summed E-state index contributed by atoms with van der Waals surface area (Å²) in [6, 6.07) is 25.1. The lowest BCUT2D eigenvalue weighted by Gasteiger charge is -2.31. The Labute approximate surface area is 218 Å². The van der Waals surface area contributed by atoms with Crippen LogP contribution in [0.25, 0.3) is 0 Å². The van der Waals surface area contributed by atoms with Crippen molar-refractivity contribution in [2.75, 3.05) is 12.3 Å². The van der Waals surface area contributed by atoms with Gasteiger partial charge in [0.2, 0.25) is 11.8 Å². The number of rotatable bonds is 12. The van der Waals surface area contributed by atoms with Crippen molar-refractivity contribution in [3.8, 4) is 0 Å². The lowest BCUT2D eigenvalue weighted by atomic mass is 10.0. The van der Waals surface area contributed by atoms with E-state index in [4.69, 9.17) is 11.6 Å². The highest BCUT2D eigenvalue weighted by Gasteiger charge is 2.30. The number of halogens is 1. The normalized spacial score (nSPS) is 11.6. The minimum absolute atomic E-state index is 0.0435. The van der Waals surface area contributed by atoms with Crippen molar-refractivity contribution in [2.45, 2.75) is 45.0 Å². The quantitative estimate of drug-likeness (QED) is 0.324. The highest BCUT2D eigenvalue weighted by atomic mass is 35.5. The number of aryl methyl sites for hydroxylation is 1. The van der Waals surface area contributed by atoms with Gasteiger partial charge in [-0.3, -0.25) is 9.59 Å². The molecule has 0 saturated heterocycles. The lowest BCUT2D eigenvalue weighted by Crippen LogP contribution is -2.51. The molecule has 4 nitrogen and oxygen atoms in total. The summed E-state index contributed by atoms with van der Waals surface area (Å²) in [6.07, 6.45) is 1.31. The maximum Gasteiger partial charge on any atom is 0.243 e. The van der Waals surface area contributed by atoms with E-state index in [0.717, 1.165) is 28.7 Å². The van der Waals surface area contributed by atoms with Crippen molar-refractivity contribution in [1.29, 1.82) is 0 Å². The third-order valence-corrected chi connectivity index (χ3v) is 6.90. The van der Waals surface area contributed by atoms with Crippen molar-refractivity contribution in [3.05, 3.63) is 106 Å². The summed E-state index contributed by atoms with van der Waals surface area (Å²) in [5, 5.41) is 3.72. The monoisotopic (exact) mass is 508 g/mol. The summed E-state index contributed by atoms with van der Waals surface area (Å²) in [7, 11) is 0. The second-order valence-corrected chi connectivity index (χ2v) is 10.0. The van der Waals surface area contributed by atoms with E-state index < -0.39 is 6.04 Å². The van der Waals surface area contributed by atoms with E-state index in [2.05, 4.69) is 11.4 Å². The summed E-state index contributed by atoms with van der Waals surface area (Å²) in [4.78, 5) is 28.7. The summed E-state index contributed by atoms with van der Waals surface area (Å²) in [5.74, 6) is 0.838. The molecule has 3 rings (SSSR count). The standard InChI is InChI=1S/C29H33ClN2O2S/c1-3-16-31-29(34)27(18-23-9-5-4-6-10-23)32(19-25-11-7-8-22(2)17-25)28(33)21-35-20-24-12-14-26(30)15-13-24/h4-15,17,27H,3,16,18-21H2,1-2H3,(H,31,34)/t27-/m1/s1. The maximum absolute atomic E-state index is 13.6. The van der Waals surface area contributed by atoms with Crippen molar-refractivity contribution in [2.24, 2.45) is 0 Å². The summed E-state index contributed by atoms with van der Waals surface area (Å²) in [5.41, 5.74) is 4.28. The molecule has 2 amide bonds. The molecule has 0 aromatic heterocycles. The predicted octanol–water partition coefficient (Wildman–Crippen LogP) is 6.05. The number of amides is 2. The first kappa shape index (κ1) is 26.8. The summed E-state index contributed by atoms with van der Waals surface area (Å²) < 4.78 is 0. The van der Waals surface area contributed by atoms with Crippen LogP contribution in [0.3, 0.4) is 0 Å². The Hall–Kier alpha value is -2.76. The third kappa shape index (κ3) is 8.75. The highest BCUT2D eigenvalue weighted by molar-refractivity contribution is 7.99. The molecule has 0 aliphatic heterocycles. The minimum atomic E-state index is -0.590. The van der Waals surface area contributed by atoms with Crippen molar-refractivity contribution >= 4 is 35.2 Å². The molecular formula is C29H33ClN2O2S. The molecule has 184 valence electrons. The molecule has 0 bridgehead atoms. The van der Waals surface area contributed by atoms with E-state index in [-0.39, 0.29) is 11.8 Å². The van der Waals surface area contributed by atoms with E-state index in [1.165, 1.54) is 0 Å². The number of carbonyl (C=O) groups excluding carboxylic acids is 2. The molecule has 0 aliphatic rings. The Bertz CT molecular complexity index is 1090. The predicted molar refractivity (Wildman–Crippen MR) is 147 cm³/mol. The van der Waals surface area contributed by atoms with Gasteiger partial charge in [-0.2, -0.15) is 0 Å². The van der Waals surface area contributed by atoms with Crippen LogP contribution in [-0.2, 0) is 28.3 Å². The zero-order chi connectivity index (χ0) is 25.0. The smallest absolute Gasteiger partial charge is 0.243 e. The number of hydrogen-bond donors (Lipinski definition) is 1. The molecule has 0 unspecified atom stereocenters. The van der Waals surface area contributed by atoms with Crippen molar-refractivity contribution < 1.29 is 9.59 Å². The van der Waals surface area contributed by atoms with Crippen LogP contribution < -0.4 is 5.32 Å². The SMILES string of the molecule is CCCNC(=O)[C@@H](Cc1ccccc1)N(Cc1cccc(C)c1)C(=O)CSCc1ccc(Cl)cc1. The van der Waals surface area contributed by atoms with E-state index in [0.29, 0.717) is 36.0 Å². The molecule has 1 N–H and O–H groups in total. The van der Waals surface area contributed by atoms with Gasteiger partial charge in [0.1, 0.15) is 6.04 Å². The molecule has 0 heterocycles. The lowest BCUT2D eigenvalue weighted by molar-refractivity contribution is -0.139. The molecule has 35 heavy (non-hydrogen) atoms. The zero-order valence-electron chi connectivity index (χ0n) is 20.4. The molecule has 0 aliphatic carbocycles. The fraction of sp³-hybridized carbons (Fsp3) is 0.310. The van der Waals surface area contributed by atoms with Crippen LogP contribution in [0.1, 0.15) is 35.6 Å². The van der Waals surface area contributed by atoms with Gasteiger partial charge in [-0.1, -0.05) is 90.8 Å². The number of hydrogen-bond acceptors (Lipinski definition) is 3. The van der Waals surface area contributed by atoms with Crippen LogP contribution in [0.5, 0.6) is 0 Å². The average molecular weight is 509 g/mol. The van der Waals surface area contributed by atoms with Gasteiger partial charge >= 0.3 is 0 Å². The van der Waals surface area contributed by atoms with Gasteiger partial charge in [-0.05, 0) is 42.2 Å². The minimum Gasteiger partial charge on any atom is -0.354 e. The topological polar surface area (TPSA) is 49.4 Å². The molecule has 3 aromatic carbocycles. The number of nitrogens with one attached hydrogen (secondary N) is 1. The maximum atomic E-state index is 13.6. The Balaban J connectivity index is 1.82.